The highest BCUT2D eigenvalue weighted by atomic mass is 16.2. The lowest BCUT2D eigenvalue weighted by atomic mass is 10.0. The van der Waals surface area contributed by atoms with Gasteiger partial charge in [0.15, 0.2) is 0 Å². The van der Waals surface area contributed by atoms with E-state index in [9.17, 15) is 9.59 Å². The molecule has 0 radical (unpaired) electrons. The molecule has 0 spiro atoms. The van der Waals surface area contributed by atoms with Crippen LogP contribution in [0, 0.1) is 6.92 Å². The highest BCUT2D eigenvalue weighted by molar-refractivity contribution is 6.08. The van der Waals surface area contributed by atoms with E-state index in [-0.39, 0.29) is 18.4 Å². The second-order valence-corrected chi connectivity index (χ2v) is 5.61. The number of nitrogens with zero attached hydrogens (tertiary/aromatic N) is 1. The maximum absolute atomic E-state index is 12.9. The lowest BCUT2D eigenvalue weighted by Crippen LogP contribution is -2.46. The summed E-state index contributed by atoms with van der Waals surface area (Å²) < 4.78 is 0. The molecule has 3 rings (SSSR count). The van der Waals surface area contributed by atoms with Gasteiger partial charge in [-0.3, -0.25) is 14.5 Å². The second-order valence-electron chi connectivity index (χ2n) is 5.61. The number of anilines is 2. The van der Waals surface area contributed by atoms with Crippen LogP contribution in [-0.4, -0.2) is 25.4 Å². The topological polar surface area (TPSA) is 61.4 Å². The van der Waals surface area contributed by atoms with Gasteiger partial charge in [-0.15, -0.1) is 0 Å². The molecule has 5 heteroatoms. The minimum atomic E-state index is -0.491. The number of carbonyl (C=O) groups is 2. The van der Waals surface area contributed by atoms with Gasteiger partial charge >= 0.3 is 0 Å². The van der Waals surface area contributed by atoms with E-state index in [0.29, 0.717) is 0 Å². The molecule has 1 aliphatic heterocycles. The van der Waals surface area contributed by atoms with Crippen molar-refractivity contribution in [2.75, 3.05) is 23.8 Å². The van der Waals surface area contributed by atoms with Crippen molar-refractivity contribution < 1.29 is 9.59 Å². The number of hydrogen-bond acceptors (Lipinski definition) is 3. The van der Waals surface area contributed by atoms with Gasteiger partial charge < -0.3 is 10.6 Å². The fraction of sp³-hybridized carbons (Fsp3) is 0.222. The van der Waals surface area contributed by atoms with Crippen LogP contribution in [0.15, 0.2) is 48.5 Å². The molecule has 0 saturated carbocycles. The van der Waals surface area contributed by atoms with Crippen LogP contribution >= 0.6 is 0 Å². The normalized spacial score (nSPS) is 16.5. The highest BCUT2D eigenvalue weighted by Crippen LogP contribution is 2.36. The smallest absolute Gasteiger partial charge is 0.254 e. The minimum Gasteiger partial charge on any atom is -0.368 e. The fourth-order valence-corrected chi connectivity index (χ4v) is 2.75. The molecular weight excluding hydrogens is 290 g/mol. The number of nitrogens with one attached hydrogen (secondary N) is 2. The van der Waals surface area contributed by atoms with Crippen LogP contribution in [-0.2, 0) is 9.59 Å². The summed E-state index contributed by atoms with van der Waals surface area (Å²) in [4.78, 5) is 26.3. The Kier molecular flexibility index (Phi) is 4.02. The first-order chi connectivity index (χ1) is 11.1. The first kappa shape index (κ1) is 15.1. The van der Waals surface area contributed by atoms with Crippen LogP contribution in [0.5, 0.6) is 0 Å². The van der Waals surface area contributed by atoms with Crippen molar-refractivity contribution in [3.8, 4) is 0 Å². The van der Waals surface area contributed by atoms with Crippen molar-refractivity contribution >= 4 is 23.2 Å². The molecular formula is C18H19N3O2. The molecule has 5 nitrogen and oxygen atoms in total. The summed E-state index contributed by atoms with van der Waals surface area (Å²) >= 11 is 0. The van der Waals surface area contributed by atoms with Crippen molar-refractivity contribution in [1.29, 1.82) is 0 Å². The van der Waals surface area contributed by atoms with Crippen LogP contribution in [0.1, 0.15) is 17.2 Å². The Hall–Kier alpha value is -2.82. The van der Waals surface area contributed by atoms with Crippen molar-refractivity contribution in [3.05, 3.63) is 59.7 Å². The number of amides is 2. The predicted octanol–water partition coefficient (Wildman–Crippen LogP) is 2.24. The van der Waals surface area contributed by atoms with Crippen LogP contribution < -0.4 is 15.5 Å². The molecule has 1 heterocycles. The maximum Gasteiger partial charge on any atom is 0.254 e. The molecule has 2 aromatic rings. The molecule has 0 aromatic heterocycles. The van der Waals surface area contributed by atoms with Gasteiger partial charge in [0.25, 0.3) is 5.91 Å². The zero-order valence-corrected chi connectivity index (χ0v) is 13.2. The molecule has 1 aliphatic rings. The number of benzene rings is 2. The molecule has 0 saturated heterocycles. The van der Waals surface area contributed by atoms with Crippen LogP contribution in [0.4, 0.5) is 11.4 Å². The SMILES string of the molecule is CNC(=O)CN1C(=O)C(c2ccccc2)Nc2cc(C)ccc21. The van der Waals surface area contributed by atoms with Crippen LogP contribution in [0.2, 0.25) is 0 Å². The summed E-state index contributed by atoms with van der Waals surface area (Å²) in [5.41, 5.74) is 3.57. The van der Waals surface area contributed by atoms with Gasteiger partial charge in [0.05, 0.1) is 11.4 Å². The van der Waals surface area contributed by atoms with Gasteiger partial charge in [-0.25, -0.2) is 0 Å². The Bertz CT molecular complexity index is 743. The van der Waals surface area contributed by atoms with Gasteiger partial charge in [-0.2, -0.15) is 0 Å². The molecule has 23 heavy (non-hydrogen) atoms. The molecule has 118 valence electrons. The van der Waals surface area contributed by atoms with Crippen molar-refractivity contribution in [2.24, 2.45) is 0 Å². The lowest BCUT2D eigenvalue weighted by Gasteiger charge is -2.35. The summed E-state index contributed by atoms with van der Waals surface area (Å²) in [5, 5.41) is 5.88. The van der Waals surface area contributed by atoms with Crippen LogP contribution in [0.25, 0.3) is 0 Å². The number of likely N-dealkylation sites (N-methyl/N-ethyl adjacent to an activating group) is 1. The van der Waals surface area contributed by atoms with Crippen LogP contribution in [0.3, 0.4) is 0 Å². The van der Waals surface area contributed by atoms with E-state index < -0.39 is 6.04 Å². The summed E-state index contributed by atoms with van der Waals surface area (Å²) in [7, 11) is 1.57. The molecule has 1 atom stereocenters. The summed E-state index contributed by atoms with van der Waals surface area (Å²) in [6.07, 6.45) is 0. The molecule has 2 aromatic carbocycles. The van der Waals surface area contributed by atoms with Crippen molar-refractivity contribution in [2.45, 2.75) is 13.0 Å². The molecule has 0 bridgehead atoms. The Morgan fingerprint density at radius 1 is 1.22 bits per heavy atom. The number of rotatable bonds is 3. The van der Waals surface area contributed by atoms with Gasteiger partial charge in [0.1, 0.15) is 12.6 Å². The summed E-state index contributed by atoms with van der Waals surface area (Å²) in [6.45, 7) is 2.01. The minimum absolute atomic E-state index is 0.0103. The van der Waals surface area contributed by atoms with E-state index in [1.807, 2.05) is 55.5 Å². The van der Waals surface area contributed by atoms with Gasteiger partial charge in [0, 0.05) is 7.05 Å². The highest BCUT2D eigenvalue weighted by Gasteiger charge is 2.34. The lowest BCUT2D eigenvalue weighted by molar-refractivity contribution is -0.124. The largest absolute Gasteiger partial charge is 0.368 e. The molecule has 1 unspecified atom stereocenters. The zero-order valence-electron chi connectivity index (χ0n) is 13.2. The van der Waals surface area contributed by atoms with E-state index in [1.165, 1.54) is 0 Å². The quantitative estimate of drug-likeness (QED) is 0.914. The fourth-order valence-electron chi connectivity index (χ4n) is 2.75. The van der Waals surface area contributed by atoms with Crippen molar-refractivity contribution in [1.82, 2.24) is 5.32 Å². The average Bonchev–Trinajstić information content (AvgIpc) is 2.57. The van der Waals surface area contributed by atoms with Gasteiger partial charge in [-0.05, 0) is 30.2 Å². The third-order valence-electron chi connectivity index (χ3n) is 3.97. The summed E-state index contributed by atoms with van der Waals surface area (Å²) in [5.74, 6) is -0.324. The third kappa shape index (κ3) is 2.90. The number of hydrogen-bond donors (Lipinski definition) is 2. The Balaban J connectivity index is 2.04. The molecule has 0 aliphatic carbocycles. The van der Waals surface area contributed by atoms with E-state index >= 15 is 0 Å². The van der Waals surface area contributed by atoms with E-state index in [2.05, 4.69) is 10.6 Å². The van der Waals surface area contributed by atoms with E-state index in [1.54, 1.807) is 11.9 Å². The van der Waals surface area contributed by atoms with Gasteiger partial charge in [0.2, 0.25) is 5.91 Å². The second kappa shape index (κ2) is 6.12. The number of fused-ring (bicyclic) bond motifs is 1. The summed E-state index contributed by atoms with van der Waals surface area (Å²) in [6, 6.07) is 14.9. The average molecular weight is 309 g/mol. The number of carbonyl (C=O) groups excluding carboxylic acids is 2. The van der Waals surface area contributed by atoms with E-state index in [0.717, 1.165) is 22.5 Å². The first-order valence-electron chi connectivity index (χ1n) is 7.54. The molecule has 2 amide bonds. The Labute approximate surface area is 135 Å². The van der Waals surface area contributed by atoms with Crippen molar-refractivity contribution in [3.63, 3.8) is 0 Å². The third-order valence-corrected chi connectivity index (χ3v) is 3.97. The predicted molar refractivity (Wildman–Crippen MR) is 90.4 cm³/mol. The molecule has 0 fully saturated rings. The Morgan fingerprint density at radius 3 is 2.65 bits per heavy atom. The monoisotopic (exact) mass is 309 g/mol. The maximum atomic E-state index is 12.9. The number of aryl methyl sites for hydroxylation is 1. The Morgan fingerprint density at radius 2 is 1.96 bits per heavy atom. The standard InChI is InChI=1S/C18H19N3O2/c1-12-8-9-15-14(10-12)20-17(13-6-4-3-5-7-13)18(23)21(15)11-16(22)19-2/h3-10,17,20H,11H2,1-2H3,(H,19,22). The van der Waals surface area contributed by atoms with Gasteiger partial charge in [-0.1, -0.05) is 36.4 Å². The van der Waals surface area contributed by atoms with E-state index in [4.69, 9.17) is 0 Å². The molecule has 2 N–H and O–H groups in total. The zero-order chi connectivity index (χ0) is 16.4. The first-order valence-corrected chi connectivity index (χ1v) is 7.54.